The van der Waals surface area contributed by atoms with Crippen LogP contribution in [0.5, 0.6) is 0 Å². The summed E-state index contributed by atoms with van der Waals surface area (Å²) in [5.41, 5.74) is 1.27. The molecule has 0 saturated carbocycles. The van der Waals surface area contributed by atoms with Gasteiger partial charge in [0, 0.05) is 24.1 Å². The van der Waals surface area contributed by atoms with Gasteiger partial charge in [0.15, 0.2) is 0 Å². The van der Waals surface area contributed by atoms with Crippen LogP contribution >= 0.6 is 11.3 Å². The fraction of sp³-hybridized carbons (Fsp3) is 0.688. The van der Waals surface area contributed by atoms with Crippen LogP contribution in [0.25, 0.3) is 0 Å². The van der Waals surface area contributed by atoms with Crippen molar-refractivity contribution in [2.75, 3.05) is 13.2 Å². The smallest absolute Gasteiger partial charge is 0.230 e. The molecule has 3 atom stereocenters. The lowest BCUT2D eigenvalue weighted by Crippen LogP contribution is -2.48. The minimum absolute atomic E-state index is 0.0601. The summed E-state index contributed by atoms with van der Waals surface area (Å²) in [7, 11) is 0. The number of carbonyl (C=O) groups excluding carboxylic acids is 1. The molecule has 1 N–H and O–H groups in total. The van der Waals surface area contributed by atoms with Crippen LogP contribution in [0.1, 0.15) is 49.0 Å². The third kappa shape index (κ3) is 2.51. The molecule has 0 radical (unpaired) electrons. The fourth-order valence-corrected chi connectivity index (χ4v) is 4.57. The number of aryl methyl sites for hydroxylation is 1. The number of fused-ring (bicyclic) bond motifs is 1. The lowest BCUT2D eigenvalue weighted by molar-refractivity contribution is -0.138. The van der Waals surface area contributed by atoms with Crippen LogP contribution in [0.3, 0.4) is 0 Å². The van der Waals surface area contributed by atoms with Crippen LogP contribution in [-0.4, -0.2) is 35.1 Å². The molecule has 1 aliphatic heterocycles. The lowest BCUT2D eigenvalue weighted by atomic mass is 9.85. The van der Waals surface area contributed by atoms with Crippen molar-refractivity contribution in [3.63, 3.8) is 0 Å². The van der Waals surface area contributed by atoms with E-state index in [0.29, 0.717) is 6.04 Å². The number of rotatable bonds is 2. The fourth-order valence-electron chi connectivity index (χ4n) is 3.58. The summed E-state index contributed by atoms with van der Waals surface area (Å²) in [5.74, 6) is 0.612. The quantitative estimate of drug-likeness (QED) is 0.911. The maximum atomic E-state index is 12.9. The molecule has 20 heavy (non-hydrogen) atoms. The Labute approximate surface area is 124 Å². The van der Waals surface area contributed by atoms with E-state index in [0.717, 1.165) is 38.6 Å². The van der Waals surface area contributed by atoms with Gasteiger partial charge in [0.2, 0.25) is 5.91 Å². The normalized spacial score (nSPS) is 30.1. The number of hydrogen-bond donors (Lipinski definition) is 1. The molecule has 0 bridgehead atoms. The van der Waals surface area contributed by atoms with E-state index in [2.05, 4.69) is 18.4 Å². The Balaban J connectivity index is 1.79. The highest BCUT2D eigenvalue weighted by molar-refractivity contribution is 7.10. The first-order chi connectivity index (χ1) is 9.70. The predicted molar refractivity (Wildman–Crippen MR) is 81.0 cm³/mol. The van der Waals surface area contributed by atoms with Crippen molar-refractivity contribution in [2.45, 2.75) is 51.0 Å². The summed E-state index contributed by atoms with van der Waals surface area (Å²) in [6.07, 6.45) is 5.28. The minimum atomic E-state index is 0.0601. The average molecular weight is 293 g/mol. The highest BCUT2D eigenvalue weighted by Crippen LogP contribution is 2.37. The Kier molecular flexibility index (Phi) is 4.13. The van der Waals surface area contributed by atoms with Gasteiger partial charge in [0.25, 0.3) is 0 Å². The van der Waals surface area contributed by atoms with Gasteiger partial charge in [0.1, 0.15) is 0 Å². The van der Waals surface area contributed by atoms with Crippen LogP contribution in [0.15, 0.2) is 11.4 Å². The molecule has 1 amide bonds. The van der Waals surface area contributed by atoms with Gasteiger partial charge in [-0.3, -0.25) is 4.79 Å². The number of amides is 1. The molecular weight excluding hydrogens is 270 g/mol. The molecule has 1 aromatic heterocycles. The monoisotopic (exact) mass is 293 g/mol. The summed E-state index contributed by atoms with van der Waals surface area (Å²) >= 11 is 1.79. The second kappa shape index (κ2) is 5.86. The lowest BCUT2D eigenvalue weighted by Gasteiger charge is -2.40. The summed E-state index contributed by atoms with van der Waals surface area (Å²) in [4.78, 5) is 16.4. The number of likely N-dealkylation sites (tertiary alicyclic amines) is 1. The molecule has 1 saturated heterocycles. The molecule has 3 unspecified atom stereocenters. The van der Waals surface area contributed by atoms with Crippen molar-refractivity contribution < 1.29 is 9.90 Å². The first-order valence-corrected chi connectivity index (χ1v) is 8.56. The highest BCUT2D eigenvalue weighted by atomic mass is 32.1. The van der Waals surface area contributed by atoms with Gasteiger partial charge < -0.3 is 10.0 Å². The van der Waals surface area contributed by atoms with E-state index in [-0.39, 0.29) is 24.3 Å². The van der Waals surface area contributed by atoms with Crippen molar-refractivity contribution in [3.8, 4) is 0 Å². The average Bonchev–Trinajstić information content (AvgIpc) is 2.95. The molecule has 110 valence electrons. The molecule has 1 fully saturated rings. The predicted octanol–water partition coefficient (Wildman–Crippen LogP) is 2.79. The molecule has 0 spiro atoms. The summed E-state index contributed by atoms with van der Waals surface area (Å²) in [5, 5.41) is 11.5. The molecule has 2 heterocycles. The van der Waals surface area contributed by atoms with E-state index in [1.165, 1.54) is 10.4 Å². The van der Waals surface area contributed by atoms with E-state index in [4.69, 9.17) is 0 Å². The molecule has 3 nitrogen and oxygen atoms in total. The maximum absolute atomic E-state index is 12.9. The van der Waals surface area contributed by atoms with Crippen molar-refractivity contribution in [2.24, 2.45) is 5.92 Å². The molecule has 4 heteroatoms. The molecule has 3 rings (SSSR count). The van der Waals surface area contributed by atoms with E-state index < -0.39 is 0 Å². The molecule has 1 aliphatic carbocycles. The van der Waals surface area contributed by atoms with Crippen LogP contribution < -0.4 is 0 Å². The van der Waals surface area contributed by atoms with Gasteiger partial charge in [-0.25, -0.2) is 0 Å². The van der Waals surface area contributed by atoms with Gasteiger partial charge in [-0.2, -0.15) is 0 Å². The molecule has 1 aromatic rings. The first-order valence-electron chi connectivity index (χ1n) is 7.68. The number of aliphatic hydroxyl groups excluding tert-OH is 1. The largest absolute Gasteiger partial charge is 0.396 e. The van der Waals surface area contributed by atoms with E-state index in [1.54, 1.807) is 11.3 Å². The Bertz CT molecular complexity index is 485. The summed E-state index contributed by atoms with van der Waals surface area (Å²) in [6, 6.07) is 2.45. The van der Waals surface area contributed by atoms with Gasteiger partial charge in [-0.1, -0.05) is 0 Å². The summed E-state index contributed by atoms with van der Waals surface area (Å²) in [6.45, 7) is 3.07. The minimum Gasteiger partial charge on any atom is -0.396 e. The molecule has 0 aromatic carbocycles. The van der Waals surface area contributed by atoms with Crippen LogP contribution in [0.4, 0.5) is 0 Å². The third-order valence-corrected chi connectivity index (χ3v) is 5.87. The standard InChI is InChI=1S/C16H23NO2S/c1-11-5-6-12(10-18)9-17(11)16(19)14-3-2-4-15-13(14)7-8-20-15/h7-8,11-12,14,18H,2-6,9-10H2,1H3. The van der Waals surface area contributed by atoms with Gasteiger partial charge in [0.05, 0.1) is 5.92 Å². The van der Waals surface area contributed by atoms with E-state index in [9.17, 15) is 9.90 Å². The van der Waals surface area contributed by atoms with E-state index >= 15 is 0 Å². The van der Waals surface area contributed by atoms with Crippen LogP contribution in [0, 0.1) is 5.92 Å². The Morgan fingerprint density at radius 2 is 2.30 bits per heavy atom. The van der Waals surface area contributed by atoms with Crippen molar-refractivity contribution >= 4 is 17.2 Å². The zero-order valence-electron chi connectivity index (χ0n) is 12.0. The van der Waals surface area contributed by atoms with Gasteiger partial charge in [-0.05, 0) is 62.0 Å². The zero-order chi connectivity index (χ0) is 14.1. The number of piperidine rings is 1. The number of nitrogens with zero attached hydrogens (tertiary/aromatic N) is 1. The first kappa shape index (κ1) is 14.1. The second-order valence-corrected chi connectivity index (χ2v) is 7.21. The number of aliphatic hydroxyl groups is 1. The van der Waals surface area contributed by atoms with Crippen molar-refractivity contribution in [1.29, 1.82) is 0 Å². The second-order valence-electron chi connectivity index (χ2n) is 6.21. The number of carbonyl (C=O) groups is 1. The van der Waals surface area contributed by atoms with Crippen LogP contribution in [-0.2, 0) is 11.2 Å². The summed E-state index contributed by atoms with van der Waals surface area (Å²) < 4.78 is 0. The van der Waals surface area contributed by atoms with E-state index in [1.807, 2.05) is 4.90 Å². The topological polar surface area (TPSA) is 40.5 Å². The van der Waals surface area contributed by atoms with Gasteiger partial charge >= 0.3 is 0 Å². The van der Waals surface area contributed by atoms with Crippen LogP contribution in [0.2, 0.25) is 0 Å². The Hall–Kier alpha value is -0.870. The molecular formula is C16H23NO2S. The Morgan fingerprint density at radius 3 is 3.10 bits per heavy atom. The maximum Gasteiger partial charge on any atom is 0.230 e. The zero-order valence-corrected chi connectivity index (χ0v) is 12.9. The third-order valence-electron chi connectivity index (χ3n) is 4.87. The van der Waals surface area contributed by atoms with Gasteiger partial charge in [-0.15, -0.1) is 11.3 Å². The van der Waals surface area contributed by atoms with Crippen molar-refractivity contribution in [3.05, 3.63) is 21.9 Å². The molecule has 2 aliphatic rings. The van der Waals surface area contributed by atoms with Crippen molar-refractivity contribution in [1.82, 2.24) is 4.90 Å². The Morgan fingerprint density at radius 1 is 1.45 bits per heavy atom. The number of hydrogen-bond acceptors (Lipinski definition) is 3. The number of thiophene rings is 1. The highest BCUT2D eigenvalue weighted by Gasteiger charge is 2.35. The SMILES string of the molecule is CC1CCC(CO)CN1C(=O)C1CCCc2sccc21.